The van der Waals surface area contributed by atoms with Crippen molar-refractivity contribution in [1.82, 2.24) is 10.2 Å². The van der Waals surface area contributed by atoms with Gasteiger partial charge in [0.2, 0.25) is 11.8 Å². The number of halogens is 1. The third-order valence-corrected chi connectivity index (χ3v) is 4.93. The first-order valence-corrected chi connectivity index (χ1v) is 8.47. The number of thioether (sulfide) groups is 1. The van der Waals surface area contributed by atoms with Crippen molar-refractivity contribution in [3.8, 4) is 0 Å². The van der Waals surface area contributed by atoms with Crippen molar-refractivity contribution in [3.05, 3.63) is 34.9 Å². The van der Waals surface area contributed by atoms with Crippen molar-refractivity contribution in [3.63, 3.8) is 0 Å². The Labute approximate surface area is 139 Å². The van der Waals surface area contributed by atoms with Crippen LogP contribution in [-0.2, 0) is 14.3 Å². The fourth-order valence-electron chi connectivity index (χ4n) is 2.23. The van der Waals surface area contributed by atoms with Gasteiger partial charge in [-0.15, -0.1) is 11.8 Å². The van der Waals surface area contributed by atoms with E-state index < -0.39 is 0 Å². The summed E-state index contributed by atoms with van der Waals surface area (Å²) in [6, 6.07) is 7.50. The summed E-state index contributed by atoms with van der Waals surface area (Å²) in [4.78, 5) is 25.5. The predicted molar refractivity (Wildman–Crippen MR) is 87.9 cm³/mol. The van der Waals surface area contributed by atoms with Crippen LogP contribution in [0.25, 0.3) is 0 Å². The van der Waals surface area contributed by atoms with Gasteiger partial charge in [0, 0.05) is 37.2 Å². The van der Waals surface area contributed by atoms with Crippen LogP contribution in [0.1, 0.15) is 17.4 Å². The molecule has 7 heteroatoms. The van der Waals surface area contributed by atoms with E-state index in [4.69, 9.17) is 16.3 Å². The average Bonchev–Trinajstić information content (AvgIpc) is 2.87. The number of hydrogen-bond acceptors (Lipinski definition) is 4. The molecule has 0 radical (unpaired) electrons. The number of nitrogens with one attached hydrogen (secondary N) is 1. The lowest BCUT2D eigenvalue weighted by Crippen LogP contribution is -2.34. The number of ether oxygens (including phenoxy) is 1. The molecule has 0 unspecified atom stereocenters. The highest BCUT2D eigenvalue weighted by molar-refractivity contribution is 8.00. The molecular formula is C15H19ClN2O3S. The molecule has 2 amide bonds. The maximum absolute atomic E-state index is 12.1. The van der Waals surface area contributed by atoms with Crippen LogP contribution in [0.4, 0.5) is 0 Å². The van der Waals surface area contributed by atoms with Crippen molar-refractivity contribution in [2.24, 2.45) is 0 Å². The second-order valence-corrected chi connectivity index (χ2v) is 6.34. The molecular weight excluding hydrogens is 324 g/mol. The average molecular weight is 343 g/mol. The molecule has 1 aliphatic rings. The molecule has 5 nitrogen and oxygen atoms in total. The maximum Gasteiger partial charge on any atom is 0.233 e. The summed E-state index contributed by atoms with van der Waals surface area (Å²) in [6.45, 7) is 1.35. The van der Waals surface area contributed by atoms with E-state index in [2.05, 4.69) is 5.32 Å². The van der Waals surface area contributed by atoms with Crippen molar-refractivity contribution in [2.45, 2.75) is 11.8 Å². The summed E-state index contributed by atoms with van der Waals surface area (Å²) in [5.74, 6) is 0.375. The molecule has 1 saturated heterocycles. The van der Waals surface area contributed by atoms with E-state index in [0.717, 1.165) is 5.56 Å². The van der Waals surface area contributed by atoms with Gasteiger partial charge in [-0.25, -0.2) is 0 Å². The summed E-state index contributed by atoms with van der Waals surface area (Å²) in [5, 5.41) is 3.28. The first-order chi connectivity index (χ1) is 10.6. The second kappa shape index (κ2) is 8.41. The number of carbonyl (C=O) groups is 2. The Bertz CT molecular complexity index is 541. The standard InChI is InChI=1S/C15H19ClN2O3S/c1-21-9-7-17-13(19)6-8-18-14(20)10-22-15(18)11-4-2-3-5-12(11)16/h2-5,15H,6-10H2,1H3,(H,17,19)/t15-/m1/s1. The van der Waals surface area contributed by atoms with Crippen molar-refractivity contribution >= 4 is 35.2 Å². The lowest BCUT2D eigenvalue weighted by molar-refractivity contribution is -0.129. The largest absolute Gasteiger partial charge is 0.383 e. The van der Waals surface area contributed by atoms with Gasteiger partial charge in [0.05, 0.1) is 12.4 Å². The summed E-state index contributed by atoms with van der Waals surface area (Å²) < 4.78 is 4.88. The van der Waals surface area contributed by atoms with Gasteiger partial charge in [-0.05, 0) is 6.07 Å². The Balaban J connectivity index is 1.94. The molecule has 1 aliphatic heterocycles. The number of nitrogens with zero attached hydrogens (tertiary/aromatic N) is 1. The molecule has 120 valence electrons. The van der Waals surface area contributed by atoms with E-state index in [1.54, 1.807) is 12.0 Å². The number of amides is 2. The SMILES string of the molecule is COCCNC(=O)CCN1C(=O)CS[C@@H]1c1ccccc1Cl. The Kier molecular flexibility index (Phi) is 6.54. The van der Waals surface area contributed by atoms with Crippen molar-refractivity contribution < 1.29 is 14.3 Å². The fraction of sp³-hybridized carbons (Fsp3) is 0.467. The topological polar surface area (TPSA) is 58.6 Å². The Hall–Kier alpha value is -1.24. The zero-order chi connectivity index (χ0) is 15.9. The van der Waals surface area contributed by atoms with Crippen LogP contribution in [0.2, 0.25) is 5.02 Å². The molecule has 0 aliphatic carbocycles. The Morgan fingerprint density at radius 1 is 1.50 bits per heavy atom. The number of carbonyl (C=O) groups excluding carboxylic acids is 2. The zero-order valence-electron chi connectivity index (χ0n) is 12.4. The molecule has 1 atom stereocenters. The van der Waals surface area contributed by atoms with E-state index in [9.17, 15) is 9.59 Å². The van der Waals surface area contributed by atoms with Gasteiger partial charge in [-0.2, -0.15) is 0 Å². The molecule has 22 heavy (non-hydrogen) atoms. The molecule has 1 fully saturated rings. The van der Waals surface area contributed by atoms with Crippen LogP contribution in [0, 0.1) is 0 Å². The first kappa shape index (κ1) is 17.1. The maximum atomic E-state index is 12.1. The highest BCUT2D eigenvalue weighted by Gasteiger charge is 2.33. The van der Waals surface area contributed by atoms with Crippen LogP contribution in [0.15, 0.2) is 24.3 Å². The fourth-order valence-corrected chi connectivity index (χ4v) is 3.79. The summed E-state index contributed by atoms with van der Waals surface area (Å²) in [7, 11) is 1.58. The van der Waals surface area contributed by atoms with Gasteiger partial charge in [0.1, 0.15) is 5.37 Å². The van der Waals surface area contributed by atoms with Crippen LogP contribution >= 0.6 is 23.4 Å². The van der Waals surface area contributed by atoms with Gasteiger partial charge in [-0.3, -0.25) is 9.59 Å². The molecule has 0 saturated carbocycles. The highest BCUT2D eigenvalue weighted by atomic mass is 35.5. The molecule has 0 bridgehead atoms. The summed E-state index contributed by atoms with van der Waals surface area (Å²) >= 11 is 7.76. The van der Waals surface area contributed by atoms with E-state index in [1.165, 1.54) is 11.8 Å². The lowest BCUT2D eigenvalue weighted by Gasteiger charge is -2.24. The lowest BCUT2D eigenvalue weighted by atomic mass is 10.2. The van der Waals surface area contributed by atoms with Crippen LogP contribution in [0.3, 0.4) is 0 Å². The molecule has 1 N–H and O–H groups in total. The summed E-state index contributed by atoms with van der Waals surface area (Å²) in [6.07, 6.45) is 0.275. The first-order valence-electron chi connectivity index (χ1n) is 7.04. The number of benzene rings is 1. The van der Waals surface area contributed by atoms with Crippen LogP contribution < -0.4 is 5.32 Å². The molecule has 2 rings (SSSR count). The van der Waals surface area contributed by atoms with E-state index in [-0.39, 0.29) is 23.6 Å². The minimum Gasteiger partial charge on any atom is -0.383 e. The Morgan fingerprint density at radius 2 is 2.27 bits per heavy atom. The molecule has 1 aromatic rings. The monoisotopic (exact) mass is 342 g/mol. The highest BCUT2D eigenvalue weighted by Crippen LogP contribution is 2.41. The summed E-state index contributed by atoms with van der Waals surface area (Å²) in [5.41, 5.74) is 0.916. The van der Waals surface area contributed by atoms with E-state index in [1.807, 2.05) is 24.3 Å². The third kappa shape index (κ3) is 4.38. The predicted octanol–water partition coefficient (Wildman–Crippen LogP) is 2.07. The van der Waals surface area contributed by atoms with Crippen molar-refractivity contribution in [1.29, 1.82) is 0 Å². The van der Waals surface area contributed by atoms with Crippen LogP contribution in [0.5, 0.6) is 0 Å². The van der Waals surface area contributed by atoms with Gasteiger partial charge in [-0.1, -0.05) is 29.8 Å². The van der Waals surface area contributed by atoms with E-state index >= 15 is 0 Å². The number of hydrogen-bond donors (Lipinski definition) is 1. The second-order valence-electron chi connectivity index (χ2n) is 4.86. The minimum atomic E-state index is -0.118. The molecule has 0 spiro atoms. The van der Waals surface area contributed by atoms with Gasteiger partial charge in [0.15, 0.2) is 0 Å². The van der Waals surface area contributed by atoms with Gasteiger partial charge < -0.3 is 15.0 Å². The molecule has 0 aromatic heterocycles. The van der Waals surface area contributed by atoms with Gasteiger partial charge >= 0.3 is 0 Å². The quantitative estimate of drug-likeness (QED) is 0.771. The number of rotatable bonds is 7. The van der Waals surface area contributed by atoms with E-state index in [0.29, 0.717) is 30.5 Å². The smallest absolute Gasteiger partial charge is 0.233 e. The molecule has 1 aromatic carbocycles. The van der Waals surface area contributed by atoms with Gasteiger partial charge in [0.25, 0.3) is 0 Å². The van der Waals surface area contributed by atoms with Crippen LogP contribution in [-0.4, -0.2) is 49.3 Å². The number of methoxy groups -OCH3 is 1. The zero-order valence-corrected chi connectivity index (χ0v) is 14.0. The third-order valence-electron chi connectivity index (χ3n) is 3.35. The Morgan fingerprint density at radius 3 is 3.00 bits per heavy atom. The molecule has 1 heterocycles. The van der Waals surface area contributed by atoms with Crippen molar-refractivity contribution in [2.75, 3.05) is 32.6 Å². The normalized spacial score (nSPS) is 17.8. The minimum absolute atomic E-state index is 0.0413.